The van der Waals surface area contributed by atoms with Gasteiger partial charge in [-0.3, -0.25) is 4.68 Å². The van der Waals surface area contributed by atoms with Crippen LogP contribution in [0.4, 0.5) is 5.69 Å². The molecule has 0 amide bonds. The first-order valence-corrected chi connectivity index (χ1v) is 6.12. The number of halogens is 1. The lowest BCUT2D eigenvalue weighted by Gasteiger charge is -2.14. The molecule has 1 heterocycles. The largest absolute Gasteiger partial charge is 0.377 e. The van der Waals surface area contributed by atoms with Crippen LogP contribution in [-0.4, -0.2) is 9.78 Å². The van der Waals surface area contributed by atoms with Crippen molar-refractivity contribution in [3.63, 3.8) is 0 Å². The van der Waals surface area contributed by atoms with Crippen molar-refractivity contribution >= 4 is 17.3 Å². The predicted molar refractivity (Wildman–Crippen MR) is 71.4 cm³/mol. The van der Waals surface area contributed by atoms with E-state index < -0.39 is 0 Å². The van der Waals surface area contributed by atoms with Gasteiger partial charge in [0.15, 0.2) is 0 Å². The molecule has 0 aliphatic carbocycles. The van der Waals surface area contributed by atoms with Crippen LogP contribution in [0.2, 0.25) is 5.02 Å². The molecule has 3 nitrogen and oxygen atoms in total. The van der Waals surface area contributed by atoms with E-state index in [0.717, 1.165) is 22.8 Å². The fourth-order valence-corrected chi connectivity index (χ4v) is 1.86. The van der Waals surface area contributed by atoms with E-state index in [1.807, 2.05) is 35.1 Å². The summed E-state index contributed by atoms with van der Waals surface area (Å²) in [6.07, 6.45) is 3.94. The van der Waals surface area contributed by atoms with Gasteiger partial charge in [-0.1, -0.05) is 23.7 Å². The van der Waals surface area contributed by atoms with Gasteiger partial charge in [0.25, 0.3) is 0 Å². The summed E-state index contributed by atoms with van der Waals surface area (Å²) in [4.78, 5) is 0. The lowest BCUT2D eigenvalue weighted by molar-refractivity contribution is 0.658. The highest BCUT2D eigenvalue weighted by Crippen LogP contribution is 2.25. The summed E-state index contributed by atoms with van der Waals surface area (Å²) in [5, 5.41) is 8.38. The van der Waals surface area contributed by atoms with Crippen LogP contribution in [-0.2, 0) is 6.54 Å². The summed E-state index contributed by atoms with van der Waals surface area (Å²) < 4.78 is 1.92. The van der Waals surface area contributed by atoms with Crippen molar-refractivity contribution in [1.29, 1.82) is 0 Å². The van der Waals surface area contributed by atoms with Crippen molar-refractivity contribution in [3.8, 4) is 0 Å². The number of benzene rings is 1. The molecule has 0 saturated heterocycles. The van der Waals surface area contributed by atoms with Crippen molar-refractivity contribution in [2.24, 2.45) is 0 Å². The van der Waals surface area contributed by atoms with Gasteiger partial charge in [0.1, 0.15) is 0 Å². The van der Waals surface area contributed by atoms with E-state index in [9.17, 15) is 0 Å². The molecule has 4 heteroatoms. The number of rotatable bonds is 4. The van der Waals surface area contributed by atoms with Gasteiger partial charge >= 0.3 is 0 Å². The number of para-hydroxylation sites is 1. The minimum Gasteiger partial charge on any atom is -0.377 e. The third kappa shape index (κ3) is 2.80. The Morgan fingerprint density at radius 1 is 1.41 bits per heavy atom. The third-order valence-electron chi connectivity index (χ3n) is 2.72. The van der Waals surface area contributed by atoms with Crippen LogP contribution < -0.4 is 5.32 Å². The molecule has 0 saturated carbocycles. The zero-order chi connectivity index (χ0) is 12.3. The molecule has 17 heavy (non-hydrogen) atoms. The van der Waals surface area contributed by atoms with E-state index in [1.165, 1.54) is 0 Å². The van der Waals surface area contributed by atoms with Gasteiger partial charge < -0.3 is 5.32 Å². The molecular formula is C13H16ClN3. The number of aryl methyl sites for hydroxylation is 1. The smallest absolute Gasteiger partial charge is 0.0637 e. The maximum absolute atomic E-state index is 6.10. The Labute approximate surface area is 106 Å². The molecule has 0 bridgehead atoms. The zero-order valence-corrected chi connectivity index (χ0v) is 10.8. The van der Waals surface area contributed by atoms with Crippen molar-refractivity contribution in [3.05, 3.63) is 47.2 Å². The van der Waals surface area contributed by atoms with Gasteiger partial charge in [0.05, 0.1) is 22.9 Å². The van der Waals surface area contributed by atoms with Gasteiger partial charge in [0.2, 0.25) is 0 Å². The predicted octanol–water partition coefficient (Wildman–Crippen LogP) is 3.73. The van der Waals surface area contributed by atoms with E-state index in [-0.39, 0.29) is 6.04 Å². The van der Waals surface area contributed by atoms with Gasteiger partial charge in [0, 0.05) is 18.3 Å². The Bertz CT molecular complexity index is 493. The Kier molecular flexibility index (Phi) is 3.69. The Morgan fingerprint density at radius 3 is 2.82 bits per heavy atom. The first-order chi connectivity index (χ1) is 8.20. The molecule has 1 unspecified atom stereocenters. The van der Waals surface area contributed by atoms with Crippen molar-refractivity contribution < 1.29 is 0 Å². The molecule has 0 aliphatic rings. The summed E-state index contributed by atoms with van der Waals surface area (Å²) in [5.74, 6) is 0. The highest BCUT2D eigenvalue weighted by molar-refractivity contribution is 6.33. The van der Waals surface area contributed by atoms with E-state index in [1.54, 1.807) is 0 Å². The summed E-state index contributed by atoms with van der Waals surface area (Å²) in [6.45, 7) is 5.06. The molecule has 1 aromatic heterocycles. The number of aromatic nitrogens is 2. The topological polar surface area (TPSA) is 29.9 Å². The SMILES string of the molecule is CCn1cc(C(C)Nc2ccccc2Cl)cn1. The van der Waals surface area contributed by atoms with E-state index in [2.05, 4.69) is 30.5 Å². The quantitative estimate of drug-likeness (QED) is 0.895. The zero-order valence-electron chi connectivity index (χ0n) is 10.0. The van der Waals surface area contributed by atoms with E-state index in [4.69, 9.17) is 11.6 Å². The summed E-state index contributed by atoms with van der Waals surface area (Å²) in [5.41, 5.74) is 2.11. The maximum Gasteiger partial charge on any atom is 0.0637 e. The van der Waals surface area contributed by atoms with Gasteiger partial charge in [-0.05, 0) is 26.0 Å². The Balaban J connectivity index is 2.11. The Hall–Kier alpha value is -1.48. The molecule has 2 aromatic rings. The van der Waals surface area contributed by atoms with Crippen molar-refractivity contribution in [1.82, 2.24) is 9.78 Å². The van der Waals surface area contributed by atoms with Gasteiger partial charge in [-0.15, -0.1) is 0 Å². The second-order valence-corrected chi connectivity index (χ2v) is 4.38. The fraction of sp³-hybridized carbons (Fsp3) is 0.308. The van der Waals surface area contributed by atoms with E-state index in [0.29, 0.717) is 0 Å². The molecular weight excluding hydrogens is 234 g/mol. The number of nitrogens with zero attached hydrogens (tertiary/aromatic N) is 2. The van der Waals surface area contributed by atoms with Gasteiger partial charge in [-0.25, -0.2) is 0 Å². The van der Waals surface area contributed by atoms with E-state index >= 15 is 0 Å². The number of hydrogen-bond donors (Lipinski definition) is 1. The highest BCUT2D eigenvalue weighted by atomic mass is 35.5. The fourth-order valence-electron chi connectivity index (χ4n) is 1.67. The average Bonchev–Trinajstić information content (AvgIpc) is 2.81. The summed E-state index contributed by atoms with van der Waals surface area (Å²) in [6, 6.07) is 7.94. The molecule has 1 atom stereocenters. The molecule has 1 aromatic carbocycles. The van der Waals surface area contributed by atoms with Crippen LogP contribution >= 0.6 is 11.6 Å². The minimum atomic E-state index is 0.190. The second-order valence-electron chi connectivity index (χ2n) is 3.98. The van der Waals surface area contributed by atoms with Crippen LogP contribution in [0.5, 0.6) is 0 Å². The van der Waals surface area contributed by atoms with Crippen molar-refractivity contribution in [2.75, 3.05) is 5.32 Å². The molecule has 90 valence electrons. The minimum absolute atomic E-state index is 0.190. The lowest BCUT2D eigenvalue weighted by atomic mass is 10.2. The summed E-state index contributed by atoms with van der Waals surface area (Å²) in [7, 11) is 0. The van der Waals surface area contributed by atoms with Crippen LogP contribution in [0.3, 0.4) is 0 Å². The van der Waals surface area contributed by atoms with Crippen molar-refractivity contribution in [2.45, 2.75) is 26.4 Å². The monoisotopic (exact) mass is 249 g/mol. The molecule has 0 fully saturated rings. The third-order valence-corrected chi connectivity index (χ3v) is 3.05. The van der Waals surface area contributed by atoms with Crippen LogP contribution in [0.15, 0.2) is 36.7 Å². The standard InChI is InChI=1S/C13H16ClN3/c1-3-17-9-11(8-15-17)10(2)16-13-7-5-4-6-12(13)14/h4-10,16H,3H2,1-2H3. The highest BCUT2D eigenvalue weighted by Gasteiger charge is 2.09. The van der Waals surface area contributed by atoms with Gasteiger partial charge in [-0.2, -0.15) is 5.10 Å². The molecule has 0 radical (unpaired) electrons. The lowest BCUT2D eigenvalue weighted by Crippen LogP contribution is -2.06. The molecule has 1 N–H and O–H groups in total. The first-order valence-electron chi connectivity index (χ1n) is 5.74. The normalized spacial score (nSPS) is 12.4. The number of nitrogens with one attached hydrogen (secondary N) is 1. The average molecular weight is 250 g/mol. The molecule has 2 rings (SSSR count). The first kappa shape index (κ1) is 12.0. The molecule has 0 spiro atoms. The second kappa shape index (κ2) is 5.23. The number of anilines is 1. The summed E-state index contributed by atoms with van der Waals surface area (Å²) >= 11 is 6.10. The maximum atomic E-state index is 6.10. The van der Waals surface area contributed by atoms with Crippen LogP contribution in [0.1, 0.15) is 25.5 Å². The Morgan fingerprint density at radius 2 is 2.18 bits per heavy atom. The van der Waals surface area contributed by atoms with Crippen LogP contribution in [0, 0.1) is 0 Å². The number of hydrogen-bond acceptors (Lipinski definition) is 2. The molecule has 0 aliphatic heterocycles. The van der Waals surface area contributed by atoms with Crippen LogP contribution in [0.25, 0.3) is 0 Å².